The summed E-state index contributed by atoms with van der Waals surface area (Å²) < 4.78 is 5.19. The molecule has 2 heterocycles. The molecule has 2 aromatic rings. The molecule has 0 unspecified atom stereocenters. The van der Waals surface area contributed by atoms with Gasteiger partial charge in [0.25, 0.3) is 0 Å². The first-order valence-corrected chi connectivity index (χ1v) is 5.48. The third-order valence-electron chi connectivity index (χ3n) is 2.03. The SMILES string of the molecule is CCCc1onc(N)c1-c1cccs1. The summed E-state index contributed by atoms with van der Waals surface area (Å²) in [6.07, 6.45) is 1.92. The van der Waals surface area contributed by atoms with Gasteiger partial charge in [-0.1, -0.05) is 18.1 Å². The quantitative estimate of drug-likeness (QED) is 0.843. The summed E-state index contributed by atoms with van der Waals surface area (Å²) in [7, 11) is 0. The van der Waals surface area contributed by atoms with Crippen LogP contribution in [0.5, 0.6) is 0 Å². The Bertz CT molecular complexity index is 406. The minimum Gasteiger partial charge on any atom is -0.380 e. The molecule has 0 saturated heterocycles. The van der Waals surface area contributed by atoms with Crippen LogP contribution in [0.3, 0.4) is 0 Å². The van der Waals surface area contributed by atoms with Crippen LogP contribution in [-0.4, -0.2) is 5.16 Å². The molecular weight excluding hydrogens is 196 g/mol. The number of aryl methyl sites for hydroxylation is 1. The van der Waals surface area contributed by atoms with Crippen molar-refractivity contribution >= 4 is 17.2 Å². The van der Waals surface area contributed by atoms with E-state index in [4.69, 9.17) is 10.3 Å². The Morgan fingerprint density at radius 3 is 3.07 bits per heavy atom. The van der Waals surface area contributed by atoms with Gasteiger partial charge < -0.3 is 10.3 Å². The first-order chi connectivity index (χ1) is 6.83. The van der Waals surface area contributed by atoms with E-state index < -0.39 is 0 Å². The van der Waals surface area contributed by atoms with Crippen LogP contribution in [0.25, 0.3) is 10.4 Å². The zero-order chi connectivity index (χ0) is 9.97. The summed E-state index contributed by atoms with van der Waals surface area (Å²) in [5, 5.41) is 5.83. The van der Waals surface area contributed by atoms with E-state index in [1.165, 1.54) is 0 Å². The standard InChI is InChI=1S/C10H12N2OS/c1-2-4-7-9(10(11)12-13-7)8-5-3-6-14-8/h3,5-6H,2,4H2,1H3,(H2,11,12). The Hall–Kier alpha value is -1.29. The molecule has 2 rings (SSSR count). The Kier molecular flexibility index (Phi) is 2.54. The molecule has 14 heavy (non-hydrogen) atoms. The number of aromatic nitrogens is 1. The van der Waals surface area contributed by atoms with Gasteiger partial charge in [0, 0.05) is 11.3 Å². The van der Waals surface area contributed by atoms with Gasteiger partial charge in [0.05, 0.1) is 5.56 Å². The second-order valence-corrected chi connectivity index (χ2v) is 4.04. The van der Waals surface area contributed by atoms with Crippen molar-refractivity contribution < 1.29 is 4.52 Å². The molecule has 3 nitrogen and oxygen atoms in total. The molecule has 2 aromatic heterocycles. The topological polar surface area (TPSA) is 52.0 Å². The lowest BCUT2D eigenvalue weighted by Gasteiger charge is -1.96. The molecule has 0 aliphatic rings. The molecule has 2 N–H and O–H groups in total. The summed E-state index contributed by atoms with van der Waals surface area (Å²) >= 11 is 1.65. The van der Waals surface area contributed by atoms with Crippen molar-refractivity contribution in [1.82, 2.24) is 5.16 Å². The molecule has 0 aliphatic heterocycles. The predicted molar refractivity (Wildman–Crippen MR) is 58.2 cm³/mol. The minimum absolute atomic E-state index is 0.496. The molecule has 0 bridgehead atoms. The van der Waals surface area contributed by atoms with Crippen LogP contribution >= 0.6 is 11.3 Å². The molecule has 0 aromatic carbocycles. The molecular formula is C10H12N2OS. The van der Waals surface area contributed by atoms with E-state index in [1.54, 1.807) is 11.3 Å². The van der Waals surface area contributed by atoms with Crippen molar-refractivity contribution in [2.75, 3.05) is 5.73 Å². The van der Waals surface area contributed by atoms with E-state index in [0.29, 0.717) is 5.82 Å². The highest BCUT2D eigenvalue weighted by molar-refractivity contribution is 7.13. The molecule has 0 atom stereocenters. The van der Waals surface area contributed by atoms with Crippen LogP contribution in [0.4, 0.5) is 5.82 Å². The van der Waals surface area contributed by atoms with E-state index in [-0.39, 0.29) is 0 Å². The van der Waals surface area contributed by atoms with Gasteiger partial charge in [-0.15, -0.1) is 11.3 Å². The summed E-state index contributed by atoms with van der Waals surface area (Å²) in [4.78, 5) is 1.13. The molecule has 0 radical (unpaired) electrons. The zero-order valence-corrected chi connectivity index (χ0v) is 8.80. The van der Waals surface area contributed by atoms with Crippen LogP contribution < -0.4 is 5.73 Å². The normalized spacial score (nSPS) is 10.6. The maximum Gasteiger partial charge on any atom is 0.175 e. The van der Waals surface area contributed by atoms with Crippen LogP contribution in [0, 0.1) is 0 Å². The molecule has 0 spiro atoms. The largest absolute Gasteiger partial charge is 0.380 e. The molecule has 4 heteroatoms. The Morgan fingerprint density at radius 2 is 2.43 bits per heavy atom. The van der Waals surface area contributed by atoms with Crippen LogP contribution in [0.2, 0.25) is 0 Å². The van der Waals surface area contributed by atoms with Crippen molar-refractivity contribution in [3.05, 3.63) is 23.3 Å². The fourth-order valence-electron chi connectivity index (χ4n) is 1.42. The number of rotatable bonds is 3. The Morgan fingerprint density at radius 1 is 1.57 bits per heavy atom. The van der Waals surface area contributed by atoms with Gasteiger partial charge in [-0.05, 0) is 17.9 Å². The average Bonchev–Trinajstić information content (AvgIpc) is 2.76. The molecule has 74 valence electrons. The van der Waals surface area contributed by atoms with Crippen molar-refractivity contribution in [3.8, 4) is 10.4 Å². The first kappa shape index (κ1) is 9.27. The maximum atomic E-state index is 5.76. The lowest BCUT2D eigenvalue weighted by atomic mass is 10.1. The zero-order valence-electron chi connectivity index (χ0n) is 7.99. The van der Waals surface area contributed by atoms with Crippen molar-refractivity contribution in [2.24, 2.45) is 0 Å². The van der Waals surface area contributed by atoms with E-state index in [1.807, 2.05) is 17.5 Å². The van der Waals surface area contributed by atoms with Crippen molar-refractivity contribution in [3.63, 3.8) is 0 Å². The summed E-state index contributed by atoms with van der Waals surface area (Å²) in [6.45, 7) is 2.11. The highest BCUT2D eigenvalue weighted by atomic mass is 32.1. The van der Waals surface area contributed by atoms with Gasteiger partial charge in [0.15, 0.2) is 5.82 Å². The van der Waals surface area contributed by atoms with Gasteiger partial charge in [0.2, 0.25) is 0 Å². The monoisotopic (exact) mass is 208 g/mol. The van der Waals surface area contributed by atoms with Crippen molar-refractivity contribution in [2.45, 2.75) is 19.8 Å². The molecule has 0 fully saturated rings. The maximum absolute atomic E-state index is 5.76. The van der Waals surface area contributed by atoms with Gasteiger partial charge in [0.1, 0.15) is 5.76 Å². The fraction of sp³-hybridized carbons (Fsp3) is 0.300. The number of hydrogen-bond acceptors (Lipinski definition) is 4. The van der Waals surface area contributed by atoms with Gasteiger partial charge in [-0.25, -0.2) is 0 Å². The molecule has 0 saturated carbocycles. The smallest absolute Gasteiger partial charge is 0.175 e. The van der Waals surface area contributed by atoms with Crippen LogP contribution in [-0.2, 0) is 6.42 Å². The summed E-state index contributed by atoms with van der Waals surface area (Å²) in [5.41, 5.74) is 6.74. The van der Waals surface area contributed by atoms with E-state index in [2.05, 4.69) is 12.1 Å². The number of nitrogens with two attached hydrogens (primary N) is 1. The van der Waals surface area contributed by atoms with E-state index in [9.17, 15) is 0 Å². The Labute approximate surface area is 86.5 Å². The van der Waals surface area contributed by atoms with Crippen LogP contribution in [0.1, 0.15) is 19.1 Å². The average molecular weight is 208 g/mol. The van der Waals surface area contributed by atoms with E-state index in [0.717, 1.165) is 29.0 Å². The summed E-state index contributed by atoms with van der Waals surface area (Å²) in [5.74, 6) is 1.39. The third kappa shape index (κ3) is 1.53. The number of nitrogens with zero attached hydrogens (tertiary/aromatic N) is 1. The Balaban J connectivity index is 2.45. The molecule has 0 aliphatic carbocycles. The second-order valence-electron chi connectivity index (χ2n) is 3.09. The lowest BCUT2D eigenvalue weighted by molar-refractivity contribution is 0.385. The third-order valence-corrected chi connectivity index (χ3v) is 2.92. The van der Waals surface area contributed by atoms with Gasteiger partial charge in [-0.2, -0.15) is 0 Å². The highest BCUT2D eigenvalue weighted by Gasteiger charge is 2.15. The first-order valence-electron chi connectivity index (χ1n) is 4.60. The van der Waals surface area contributed by atoms with Gasteiger partial charge in [-0.3, -0.25) is 0 Å². The lowest BCUT2D eigenvalue weighted by Crippen LogP contribution is -1.88. The van der Waals surface area contributed by atoms with Crippen LogP contribution in [0.15, 0.2) is 22.0 Å². The number of hydrogen-bond donors (Lipinski definition) is 1. The number of thiophene rings is 1. The summed E-state index contributed by atoms with van der Waals surface area (Å²) in [6, 6.07) is 4.04. The van der Waals surface area contributed by atoms with E-state index >= 15 is 0 Å². The second kappa shape index (κ2) is 3.84. The predicted octanol–water partition coefficient (Wildman–Crippen LogP) is 2.94. The van der Waals surface area contributed by atoms with Gasteiger partial charge >= 0.3 is 0 Å². The molecule has 0 amide bonds. The van der Waals surface area contributed by atoms with Crippen molar-refractivity contribution in [1.29, 1.82) is 0 Å². The highest BCUT2D eigenvalue weighted by Crippen LogP contribution is 2.33. The fourth-order valence-corrected chi connectivity index (χ4v) is 2.22. The number of anilines is 1. The number of nitrogen functional groups attached to an aromatic ring is 1. The minimum atomic E-state index is 0.496.